The molecule has 14 heteroatoms. The Bertz CT molecular complexity index is 1320. The fraction of sp³-hybridized carbons (Fsp3) is 0.348. The van der Waals surface area contributed by atoms with Crippen LogP contribution in [0.4, 0.5) is 24.7 Å². The number of nitrogens with one attached hydrogen (secondary N) is 2. The number of aromatic nitrogens is 3. The molecule has 0 amide bonds. The molecule has 1 aliphatic rings. The van der Waals surface area contributed by atoms with Crippen molar-refractivity contribution >= 4 is 27.5 Å². The maximum atomic E-state index is 13.3. The van der Waals surface area contributed by atoms with Crippen molar-refractivity contribution in [2.75, 3.05) is 35.8 Å². The molecule has 0 spiro atoms. The molecule has 1 aliphatic heterocycles. The zero-order chi connectivity index (χ0) is 27.2. The van der Waals surface area contributed by atoms with Gasteiger partial charge in [-0.25, -0.2) is 18.2 Å². The number of benzene rings is 1. The van der Waals surface area contributed by atoms with Crippen molar-refractivity contribution < 1.29 is 31.5 Å². The van der Waals surface area contributed by atoms with Gasteiger partial charge in [-0.05, 0) is 31.5 Å². The summed E-state index contributed by atoms with van der Waals surface area (Å²) in [6.45, 7) is 7.32. The van der Waals surface area contributed by atoms with Crippen molar-refractivity contribution in [3.8, 4) is 0 Å². The fourth-order valence-corrected chi connectivity index (χ4v) is 5.23. The lowest BCUT2D eigenvalue weighted by molar-refractivity contribution is -0.192. The number of piperazine rings is 1. The smallest absolute Gasteiger partial charge is 0.475 e. The molecule has 2 aromatic heterocycles. The van der Waals surface area contributed by atoms with Crippen molar-refractivity contribution in [1.29, 1.82) is 0 Å². The number of anilines is 2. The van der Waals surface area contributed by atoms with Crippen molar-refractivity contribution in [2.24, 2.45) is 0 Å². The van der Waals surface area contributed by atoms with E-state index in [-0.39, 0.29) is 4.90 Å². The van der Waals surface area contributed by atoms with Gasteiger partial charge in [0.05, 0.1) is 23.6 Å². The van der Waals surface area contributed by atoms with Gasteiger partial charge in [-0.15, -0.1) is 0 Å². The van der Waals surface area contributed by atoms with Crippen molar-refractivity contribution in [3.05, 3.63) is 65.6 Å². The Hall–Kier alpha value is -3.65. The Kier molecular flexibility index (Phi) is 8.76. The second kappa shape index (κ2) is 11.6. The van der Waals surface area contributed by atoms with Crippen LogP contribution in [0.3, 0.4) is 0 Å². The Morgan fingerprint density at radius 3 is 2.32 bits per heavy atom. The van der Waals surface area contributed by atoms with Gasteiger partial charge < -0.3 is 15.3 Å². The molecule has 1 fully saturated rings. The largest absolute Gasteiger partial charge is 0.490 e. The molecule has 3 heterocycles. The van der Waals surface area contributed by atoms with E-state index in [1.54, 1.807) is 24.7 Å². The maximum absolute atomic E-state index is 13.3. The summed E-state index contributed by atoms with van der Waals surface area (Å²) in [7, 11) is -3.85. The van der Waals surface area contributed by atoms with E-state index >= 15 is 0 Å². The lowest BCUT2D eigenvalue weighted by Crippen LogP contribution is -2.43. The summed E-state index contributed by atoms with van der Waals surface area (Å²) < 4.78 is 62.8. The molecule has 3 aromatic rings. The van der Waals surface area contributed by atoms with E-state index in [9.17, 15) is 21.6 Å². The minimum Gasteiger partial charge on any atom is -0.475 e. The predicted molar refractivity (Wildman–Crippen MR) is 131 cm³/mol. The maximum Gasteiger partial charge on any atom is 0.490 e. The molecule has 0 aliphatic carbocycles. The highest BCUT2D eigenvalue weighted by Crippen LogP contribution is 2.28. The molecular weight excluding hydrogens is 513 g/mol. The highest BCUT2D eigenvalue weighted by Gasteiger charge is 2.38. The molecular formula is C23H27F3N6O4S. The van der Waals surface area contributed by atoms with Gasteiger partial charge in [0.15, 0.2) is 5.82 Å². The third-order valence-electron chi connectivity index (χ3n) is 5.48. The Balaban J connectivity index is 0.000000479. The van der Waals surface area contributed by atoms with Crippen LogP contribution in [-0.2, 0) is 21.4 Å². The molecule has 10 nitrogen and oxygen atoms in total. The number of carboxylic acid groups (broad SMARTS) is 1. The van der Waals surface area contributed by atoms with E-state index in [0.29, 0.717) is 23.8 Å². The van der Waals surface area contributed by atoms with Gasteiger partial charge in [0.25, 0.3) is 10.0 Å². The Morgan fingerprint density at radius 1 is 1.11 bits per heavy atom. The zero-order valence-corrected chi connectivity index (χ0v) is 21.0. The van der Waals surface area contributed by atoms with Crippen LogP contribution >= 0.6 is 0 Å². The molecule has 0 radical (unpaired) electrons. The van der Waals surface area contributed by atoms with E-state index < -0.39 is 22.2 Å². The number of nitrogens with zero attached hydrogens (tertiary/aromatic N) is 4. The second-order valence-corrected chi connectivity index (χ2v) is 9.78. The minimum atomic E-state index is -5.08. The summed E-state index contributed by atoms with van der Waals surface area (Å²) in [4.78, 5) is 15.6. The highest BCUT2D eigenvalue weighted by molar-refractivity contribution is 7.92. The van der Waals surface area contributed by atoms with Gasteiger partial charge in [-0.2, -0.15) is 18.3 Å². The van der Waals surface area contributed by atoms with Crippen LogP contribution in [0.5, 0.6) is 0 Å². The molecule has 37 heavy (non-hydrogen) atoms. The standard InChI is InChI=1S/C21H26N6O2S.C2HF3O2/c1-16-20(17(2)27(24-16)15-18-7-4-3-5-8-18)30(28,29)25-21-19(9-6-10-23-21)26-13-11-22-12-14-26;3-2(4,5)1(6)7/h3-10,22H,11-15H2,1-2H3,(H,23,25);(H,6,7). The number of pyridine rings is 1. The predicted octanol–water partition coefficient (Wildman–Crippen LogP) is 2.79. The number of rotatable bonds is 6. The van der Waals surface area contributed by atoms with Crippen LogP contribution in [0, 0.1) is 13.8 Å². The number of aryl methyl sites for hydroxylation is 1. The average Bonchev–Trinajstić information content (AvgIpc) is 3.13. The monoisotopic (exact) mass is 540 g/mol. The highest BCUT2D eigenvalue weighted by atomic mass is 32.2. The molecule has 1 aromatic carbocycles. The molecule has 0 bridgehead atoms. The third kappa shape index (κ3) is 7.20. The van der Waals surface area contributed by atoms with E-state index in [1.165, 1.54) is 0 Å². The third-order valence-corrected chi connectivity index (χ3v) is 7.07. The number of carboxylic acids is 1. The van der Waals surface area contributed by atoms with Crippen LogP contribution in [0.25, 0.3) is 0 Å². The molecule has 4 rings (SSSR count). The number of hydrogen-bond acceptors (Lipinski definition) is 7. The van der Waals surface area contributed by atoms with E-state index in [0.717, 1.165) is 37.4 Å². The number of halogens is 3. The van der Waals surface area contributed by atoms with Crippen LogP contribution in [0.1, 0.15) is 17.0 Å². The SMILES string of the molecule is Cc1nn(Cc2ccccc2)c(C)c1S(=O)(=O)Nc1ncccc1N1CCNCC1.O=C(O)C(F)(F)F. The van der Waals surface area contributed by atoms with Gasteiger partial charge >= 0.3 is 12.1 Å². The fourth-order valence-electron chi connectivity index (χ4n) is 3.79. The molecule has 3 N–H and O–H groups in total. The number of alkyl halides is 3. The van der Waals surface area contributed by atoms with Crippen LogP contribution in [0.15, 0.2) is 53.6 Å². The lowest BCUT2D eigenvalue weighted by Gasteiger charge is -2.30. The van der Waals surface area contributed by atoms with Crippen molar-refractivity contribution in [1.82, 2.24) is 20.1 Å². The summed E-state index contributed by atoms with van der Waals surface area (Å²) in [6.07, 6.45) is -3.48. The molecule has 0 atom stereocenters. The van der Waals surface area contributed by atoms with Crippen LogP contribution in [-0.4, -0.2) is 66.6 Å². The van der Waals surface area contributed by atoms with Gasteiger partial charge in [0, 0.05) is 32.4 Å². The zero-order valence-electron chi connectivity index (χ0n) is 20.2. The normalized spacial score (nSPS) is 14.0. The number of aliphatic carboxylic acids is 1. The summed E-state index contributed by atoms with van der Waals surface area (Å²) in [5.74, 6) is -2.42. The van der Waals surface area contributed by atoms with Crippen LogP contribution in [0.2, 0.25) is 0 Å². The minimum absolute atomic E-state index is 0.204. The molecule has 0 unspecified atom stereocenters. The van der Waals surface area contributed by atoms with E-state index in [4.69, 9.17) is 9.90 Å². The van der Waals surface area contributed by atoms with Crippen molar-refractivity contribution in [3.63, 3.8) is 0 Å². The quantitative estimate of drug-likeness (QED) is 0.435. The van der Waals surface area contributed by atoms with E-state index in [2.05, 4.69) is 25.0 Å². The average molecular weight is 541 g/mol. The molecule has 0 saturated carbocycles. The summed E-state index contributed by atoms with van der Waals surface area (Å²) in [6, 6.07) is 13.6. The lowest BCUT2D eigenvalue weighted by atomic mass is 10.2. The summed E-state index contributed by atoms with van der Waals surface area (Å²) >= 11 is 0. The van der Waals surface area contributed by atoms with Gasteiger partial charge in [-0.1, -0.05) is 30.3 Å². The van der Waals surface area contributed by atoms with Gasteiger partial charge in [0.2, 0.25) is 0 Å². The van der Waals surface area contributed by atoms with Crippen LogP contribution < -0.4 is 14.9 Å². The first-order valence-electron chi connectivity index (χ1n) is 11.2. The first-order valence-corrected chi connectivity index (χ1v) is 12.7. The number of carbonyl (C=O) groups is 1. The van der Waals surface area contributed by atoms with E-state index in [1.807, 2.05) is 42.5 Å². The number of hydrogen-bond donors (Lipinski definition) is 3. The molecule has 200 valence electrons. The second-order valence-electron chi connectivity index (χ2n) is 8.16. The number of sulfonamides is 1. The molecule has 1 saturated heterocycles. The Labute approximate surface area is 212 Å². The topological polar surface area (TPSA) is 129 Å². The summed E-state index contributed by atoms with van der Waals surface area (Å²) in [5.41, 5.74) is 2.92. The van der Waals surface area contributed by atoms with Gasteiger partial charge in [0.1, 0.15) is 4.90 Å². The van der Waals surface area contributed by atoms with Gasteiger partial charge in [-0.3, -0.25) is 9.40 Å². The Morgan fingerprint density at radius 2 is 1.73 bits per heavy atom. The first kappa shape index (κ1) is 27.9. The summed E-state index contributed by atoms with van der Waals surface area (Å²) in [5, 5.41) is 14.9. The van der Waals surface area contributed by atoms with Crippen molar-refractivity contribution in [2.45, 2.75) is 31.5 Å². The first-order chi connectivity index (χ1) is 17.4.